The number of nitrogens with zero attached hydrogens (tertiary/aromatic N) is 1. The monoisotopic (exact) mass is 303 g/mol. The molecule has 0 aliphatic heterocycles. The number of benzene rings is 1. The van der Waals surface area contributed by atoms with Crippen LogP contribution in [0, 0.1) is 5.82 Å². The fourth-order valence-corrected chi connectivity index (χ4v) is 1.38. The van der Waals surface area contributed by atoms with Crippen LogP contribution in [-0.2, 0) is 4.74 Å². The SMILES string of the molecule is CCC(C)OC(=O)Oc1cc(N=C=S)c(F)cc1Cl. The first-order chi connectivity index (χ1) is 8.97. The summed E-state index contributed by atoms with van der Waals surface area (Å²) in [5.74, 6) is -0.745. The van der Waals surface area contributed by atoms with Gasteiger partial charge in [-0.05, 0) is 31.6 Å². The molecule has 0 bridgehead atoms. The average molecular weight is 304 g/mol. The van der Waals surface area contributed by atoms with Gasteiger partial charge in [-0.3, -0.25) is 0 Å². The van der Waals surface area contributed by atoms with E-state index in [1.807, 2.05) is 12.1 Å². The molecule has 0 radical (unpaired) electrons. The molecule has 0 spiro atoms. The Morgan fingerprint density at radius 1 is 1.63 bits per heavy atom. The van der Waals surface area contributed by atoms with Gasteiger partial charge in [0.05, 0.1) is 10.2 Å². The topological polar surface area (TPSA) is 47.9 Å². The lowest BCUT2D eigenvalue weighted by Gasteiger charge is -2.11. The number of aliphatic imine (C=N–C) groups is 1. The molecular formula is C12H11ClFNO3S. The number of carbonyl (C=O) groups is 1. The van der Waals surface area contributed by atoms with Crippen LogP contribution in [0.4, 0.5) is 14.9 Å². The summed E-state index contributed by atoms with van der Waals surface area (Å²) in [7, 11) is 0. The highest BCUT2D eigenvalue weighted by molar-refractivity contribution is 7.78. The molecule has 7 heteroatoms. The third-order valence-electron chi connectivity index (χ3n) is 2.23. The van der Waals surface area contributed by atoms with Crippen LogP contribution in [0.1, 0.15) is 20.3 Å². The van der Waals surface area contributed by atoms with Crippen molar-refractivity contribution in [2.24, 2.45) is 4.99 Å². The zero-order valence-electron chi connectivity index (χ0n) is 10.3. The van der Waals surface area contributed by atoms with Crippen molar-refractivity contribution in [2.45, 2.75) is 26.4 Å². The van der Waals surface area contributed by atoms with Crippen molar-refractivity contribution >= 4 is 40.8 Å². The van der Waals surface area contributed by atoms with Gasteiger partial charge in [0.1, 0.15) is 11.8 Å². The van der Waals surface area contributed by atoms with Gasteiger partial charge in [-0.15, -0.1) is 0 Å². The van der Waals surface area contributed by atoms with E-state index < -0.39 is 12.0 Å². The quantitative estimate of drug-likeness (QED) is 0.355. The molecule has 1 unspecified atom stereocenters. The largest absolute Gasteiger partial charge is 0.514 e. The Labute approximate surface area is 120 Å². The van der Waals surface area contributed by atoms with Gasteiger partial charge in [0.15, 0.2) is 11.6 Å². The van der Waals surface area contributed by atoms with E-state index in [0.717, 1.165) is 12.1 Å². The van der Waals surface area contributed by atoms with Crippen molar-refractivity contribution in [1.29, 1.82) is 0 Å². The Morgan fingerprint density at radius 2 is 2.32 bits per heavy atom. The molecule has 0 saturated heterocycles. The van der Waals surface area contributed by atoms with Crippen molar-refractivity contribution in [3.63, 3.8) is 0 Å². The summed E-state index contributed by atoms with van der Waals surface area (Å²) >= 11 is 10.1. The number of halogens is 2. The smallest absolute Gasteiger partial charge is 0.431 e. The van der Waals surface area contributed by atoms with E-state index in [0.29, 0.717) is 6.42 Å². The van der Waals surface area contributed by atoms with E-state index in [1.54, 1.807) is 6.92 Å². The fraction of sp³-hybridized carbons (Fsp3) is 0.333. The highest BCUT2D eigenvalue weighted by atomic mass is 35.5. The van der Waals surface area contributed by atoms with Crippen LogP contribution in [0.25, 0.3) is 0 Å². The number of hydrogen-bond acceptors (Lipinski definition) is 5. The Bertz CT molecular complexity index is 532. The summed E-state index contributed by atoms with van der Waals surface area (Å²) in [5.41, 5.74) is -0.120. The molecule has 0 heterocycles. The predicted molar refractivity (Wildman–Crippen MR) is 73.0 cm³/mol. The fourth-order valence-electron chi connectivity index (χ4n) is 1.09. The van der Waals surface area contributed by atoms with Gasteiger partial charge in [0.2, 0.25) is 0 Å². The molecule has 0 amide bonds. The summed E-state index contributed by atoms with van der Waals surface area (Å²) in [4.78, 5) is 14.9. The molecule has 1 aromatic carbocycles. The molecular weight excluding hydrogens is 293 g/mol. The molecule has 0 N–H and O–H groups in total. The van der Waals surface area contributed by atoms with Crippen molar-refractivity contribution in [2.75, 3.05) is 0 Å². The summed E-state index contributed by atoms with van der Waals surface area (Å²) in [6.45, 7) is 3.57. The third-order valence-corrected chi connectivity index (χ3v) is 2.62. The first kappa shape index (κ1) is 15.6. The molecule has 0 fully saturated rings. The van der Waals surface area contributed by atoms with Gasteiger partial charge < -0.3 is 9.47 Å². The van der Waals surface area contributed by atoms with Crippen molar-refractivity contribution < 1.29 is 18.7 Å². The van der Waals surface area contributed by atoms with Crippen LogP contribution in [0.15, 0.2) is 17.1 Å². The zero-order chi connectivity index (χ0) is 14.4. The molecule has 0 aliphatic carbocycles. The molecule has 0 aliphatic rings. The number of thiocarbonyl (C=S) groups is 1. The van der Waals surface area contributed by atoms with Crippen LogP contribution in [0.2, 0.25) is 5.02 Å². The minimum atomic E-state index is -0.917. The number of hydrogen-bond donors (Lipinski definition) is 0. The maximum Gasteiger partial charge on any atom is 0.514 e. The third kappa shape index (κ3) is 4.59. The molecule has 0 aromatic heterocycles. The highest BCUT2D eigenvalue weighted by Gasteiger charge is 2.15. The molecule has 102 valence electrons. The van der Waals surface area contributed by atoms with Gasteiger partial charge in [-0.2, -0.15) is 4.99 Å². The average Bonchev–Trinajstić information content (AvgIpc) is 2.35. The zero-order valence-corrected chi connectivity index (χ0v) is 11.8. The summed E-state index contributed by atoms with van der Waals surface area (Å²) in [6, 6.07) is 2.12. The highest BCUT2D eigenvalue weighted by Crippen LogP contribution is 2.32. The van der Waals surface area contributed by atoms with Crippen LogP contribution >= 0.6 is 23.8 Å². The van der Waals surface area contributed by atoms with Gasteiger partial charge >= 0.3 is 6.16 Å². The first-order valence-corrected chi connectivity index (χ1v) is 6.22. The molecule has 1 aromatic rings. The summed E-state index contributed by atoms with van der Waals surface area (Å²) in [5, 5.41) is 1.95. The Hall–Kier alpha value is -1.49. The second kappa shape index (κ2) is 7.19. The molecule has 1 atom stereocenters. The first-order valence-electron chi connectivity index (χ1n) is 5.43. The minimum Gasteiger partial charge on any atom is -0.431 e. The van der Waals surface area contributed by atoms with E-state index in [4.69, 9.17) is 21.1 Å². The molecule has 0 saturated carbocycles. The van der Waals surface area contributed by atoms with E-state index in [-0.39, 0.29) is 22.6 Å². The van der Waals surface area contributed by atoms with E-state index in [1.165, 1.54) is 0 Å². The van der Waals surface area contributed by atoms with E-state index in [2.05, 4.69) is 17.2 Å². The second-order valence-electron chi connectivity index (χ2n) is 3.63. The van der Waals surface area contributed by atoms with E-state index in [9.17, 15) is 9.18 Å². The van der Waals surface area contributed by atoms with Gasteiger partial charge in [-0.25, -0.2) is 9.18 Å². The molecule has 4 nitrogen and oxygen atoms in total. The van der Waals surface area contributed by atoms with Crippen LogP contribution < -0.4 is 4.74 Å². The maximum absolute atomic E-state index is 13.4. The van der Waals surface area contributed by atoms with Crippen molar-refractivity contribution in [1.82, 2.24) is 0 Å². The lowest BCUT2D eigenvalue weighted by molar-refractivity contribution is 0.0644. The Kier molecular flexibility index (Phi) is 5.89. The predicted octanol–water partition coefficient (Wildman–Crippen LogP) is 4.53. The second-order valence-corrected chi connectivity index (χ2v) is 4.22. The van der Waals surface area contributed by atoms with Crippen LogP contribution in [-0.4, -0.2) is 17.4 Å². The number of rotatable bonds is 4. The van der Waals surface area contributed by atoms with Gasteiger partial charge in [0, 0.05) is 6.07 Å². The maximum atomic E-state index is 13.4. The lowest BCUT2D eigenvalue weighted by atomic mass is 10.3. The Balaban J connectivity index is 2.91. The summed E-state index contributed by atoms with van der Waals surface area (Å²) < 4.78 is 23.2. The molecule has 1 rings (SSSR count). The van der Waals surface area contributed by atoms with Gasteiger partial charge in [-0.1, -0.05) is 18.5 Å². The Morgan fingerprint density at radius 3 is 2.89 bits per heavy atom. The van der Waals surface area contributed by atoms with Crippen molar-refractivity contribution in [3.05, 3.63) is 23.0 Å². The molecule has 19 heavy (non-hydrogen) atoms. The van der Waals surface area contributed by atoms with Crippen LogP contribution in [0.5, 0.6) is 5.75 Å². The normalized spacial score (nSPS) is 11.4. The number of carbonyl (C=O) groups excluding carboxylic acids is 1. The summed E-state index contributed by atoms with van der Waals surface area (Å²) in [6.07, 6.45) is -0.558. The van der Waals surface area contributed by atoms with Crippen molar-refractivity contribution in [3.8, 4) is 5.75 Å². The lowest BCUT2D eigenvalue weighted by Crippen LogP contribution is -2.17. The van der Waals surface area contributed by atoms with Crippen LogP contribution in [0.3, 0.4) is 0 Å². The van der Waals surface area contributed by atoms with Gasteiger partial charge in [0.25, 0.3) is 0 Å². The number of isothiocyanates is 1. The number of ether oxygens (including phenoxy) is 2. The minimum absolute atomic E-state index is 0.0552. The standard InChI is InChI=1S/C12H11ClFNO3S/c1-3-7(2)17-12(16)18-11-5-10(15-6-19)9(14)4-8(11)13/h4-5,7H,3H2,1-2H3. The van der Waals surface area contributed by atoms with E-state index >= 15 is 0 Å².